The Morgan fingerprint density at radius 3 is 1.29 bits per heavy atom. The minimum atomic E-state index is -3.14. The molecule has 0 radical (unpaired) electrons. The molecule has 2 aromatic rings. The molecule has 2 aromatic carbocycles. The van der Waals surface area contributed by atoms with E-state index in [1.54, 1.807) is 6.07 Å². The Labute approximate surface area is 212 Å². The van der Waals surface area contributed by atoms with E-state index in [1.807, 2.05) is 61.5 Å². The monoisotopic (exact) mass is 482 g/mol. The van der Waals surface area contributed by atoms with Crippen molar-refractivity contribution >= 4 is 0 Å². The normalized spacial score (nSPS) is 10.3. The molecule has 0 N–H and O–H groups in total. The van der Waals surface area contributed by atoms with Crippen molar-refractivity contribution < 1.29 is 13.5 Å². The molecule has 0 aliphatic carbocycles. The van der Waals surface area contributed by atoms with Crippen molar-refractivity contribution in [2.24, 2.45) is 0 Å². The number of benzene rings is 2. The minimum Gasteiger partial charge on any atom is -0.432 e. The van der Waals surface area contributed by atoms with Crippen LogP contribution < -0.4 is 4.74 Å². The zero-order valence-electron chi connectivity index (χ0n) is 24.2. The highest BCUT2D eigenvalue weighted by Gasteiger charge is 2.26. The topological polar surface area (TPSA) is 9.23 Å². The van der Waals surface area contributed by atoms with E-state index < -0.39 is 6.11 Å². The number of ether oxygens (including phenoxy) is 1. The number of hydrogen-bond acceptors (Lipinski definition) is 1. The summed E-state index contributed by atoms with van der Waals surface area (Å²) in [4.78, 5) is 0. The van der Waals surface area contributed by atoms with Crippen LogP contribution in [0.2, 0.25) is 0 Å². The van der Waals surface area contributed by atoms with Gasteiger partial charge in [-0.25, -0.2) is 0 Å². The predicted molar refractivity (Wildman–Crippen MR) is 152 cm³/mol. The molecular formula is C31H56F2O. The van der Waals surface area contributed by atoms with Crippen LogP contribution in [0.3, 0.4) is 0 Å². The van der Waals surface area contributed by atoms with Gasteiger partial charge in [0.25, 0.3) is 0 Å². The highest BCUT2D eigenvalue weighted by atomic mass is 19.3. The van der Waals surface area contributed by atoms with Crippen LogP contribution in [-0.4, -0.2) is 6.11 Å². The zero-order chi connectivity index (χ0) is 27.0. The molecule has 200 valence electrons. The number of rotatable bonds is 2. The van der Waals surface area contributed by atoms with E-state index >= 15 is 0 Å². The quantitative estimate of drug-likeness (QED) is 0.413. The molecule has 0 unspecified atom stereocenters. The second-order valence-electron chi connectivity index (χ2n) is 9.14. The number of halogens is 2. The molecule has 1 nitrogen and oxygen atoms in total. The van der Waals surface area contributed by atoms with E-state index in [1.165, 1.54) is 5.56 Å². The molecule has 0 atom stereocenters. The van der Waals surface area contributed by atoms with Gasteiger partial charge >= 0.3 is 6.11 Å². The van der Waals surface area contributed by atoms with Gasteiger partial charge in [0.15, 0.2) is 0 Å². The Kier molecular flexibility index (Phi) is 21.3. The third-order valence-corrected chi connectivity index (χ3v) is 4.47. The lowest BCUT2D eigenvalue weighted by molar-refractivity contribution is -0.159. The second kappa shape index (κ2) is 18.4. The Hall–Kier alpha value is -1.90. The highest BCUT2D eigenvalue weighted by molar-refractivity contribution is 5.46. The maximum Gasteiger partial charge on any atom is 0.394 e. The highest BCUT2D eigenvalue weighted by Crippen LogP contribution is 2.33. The van der Waals surface area contributed by atoms with E-state index in [4.69, 9.17) is 0 Å². The summed E-state index contributed by atoms with van der Waals surface area (Å²) < 4.78 is 30.3. The summed E-state index contributed by atoms with van der Waals surface area (Å²) in [6.45, 7) is 29.5. The van der Waals surface area contributed by atoms with Crippen LogP contribution in [0.1, 0.15) is 120 Å². The van der Waals surface area contributed by atoms with E-state index in [0.717, 1.165) is 23.6 Å². The smallest absolute Gasteiger partial charge is 0.394 e. The maximum atomic E-state index is 12.8. The average Bonchev–Trinajstić information content (AvgIpc) is 2.74. The summed E-state index contributed by atoms with van der Waals surface area (Å²) in [6.07, 6.45) is -3.14. The molecule has 0 aliphatic heterocycles. The summed E-state index contributed by atoms with van der Waals surface area (Å²) in [7, 11) is 0. The molecule has 3 heteroatoms. The fraction of sp³-hybridized carbons (Fsp3) is 0.613. The number of hydrogen-bond donors (Lipinski definition) is 0. The maximum absolute atomic E-state index is 12.8. The van der Waals surface area contributed by atoms with Crippen molar-refractivity contribution in [1.29, 1.82) is 0 Å². The van der Waals surface area contributed by atoms with Crippen molar-refractivity contribution in [3.63, 3.8) is 0 Å². The first-order valence-corrected chi connectivity index (χ1v) is 12.4. The van der Waals surface area contributed by atoms with Gasteiger partial charge < -0.3 is 4.74 Å². The van der Waals surface area contributed by atoms with Gasteiger partial charge in [-0.15, -0.1) is 0 Å². The van der Waals surface area contributed by atoms with Crippen molar-refractivity contribution in [1.82, 2.24) is 0 Å². The Bertz CT molecular complexity index is 731. The van der Waals surface area contributed by atoms with Crippen molar-refractivity contribution in [3.05, 3.63) is 64.7 Å². The molecule has 34 heavy (non-hydrogen) atoms. The Morgan fingerprint density at radius 2 is 1.00 bits per heavy atom. The molecule has 0 bridgehead atoms. The van der Waals surface area contributed by atoms with Crippen LogP contribution in [0.4, 0.5) is 8.78 Å². The zero-order valence-corrected chi connectivity index (χ0v) is 24.2. The minimum absolute atomic E-state index is 0. The van der Waals surface area contributed by atoms with E-state index in [0.29, 0.717) is 5.41 Å². The van der Waals surface area contributed by atoms with Gasteiger partial charge in [0.1, 0.15) is 5.75 Å². The van der Waals surface area contributed by atoms with Crippen LogP contribution in [0.25, 0.3) is 0 Å². The number of alkyl halides is 2. The van der Waals surface area contributed by atoms with Gasteiger partial charge in [-0.1, -0.05) is 127 Å². The van der Waals surface area contributed by atoms with E-state index in [9.17, 15) is 8.78 Å². The predicted octanol–water partition coefficient (Wildman–Crippen LogP) is 11.3. The molecule has 0 fully saturated rings. The molecule has 0 aromatic heterocycles. The summed E-state index contributed by atoms with van der Waals surface area (Å²) >= 11 is 0. The Balaban J connectivity index is -0.000000227. The van der Waals surface area contributed by atoms with Gasteiger partial charge in [0, 0.05) is 6.92 Å². The summed E-state index contributed by atoms with van der Waals surface area (Å²) in [5.41, 5.74) is 4.64. The van der Waals surface area contributed by atoms with Gasteiger partial charge in [0.2, 0.25) is 0 Å². The lowest BCUT2D eigenvalue weighted by atomic mass is 9.82. The second-order valence-corrected chi connectivity index (χ2v) is 9.14. The SMILES string of the molecule is C.CC.CC.CC.CC(C)(C)c1ccccc1.Cc1c(OC(C)(F)F)ccc(C(C)(C)C)c1C. The van der Waals surface area contributed by atoms with Gasteiger partial charge in [-0.05, 0) is 53.0 Å². The van der Waals surface area contributed by atoms with Crippen molar-refractivity contribution in [2.75, 3.05) is 0 Å². The van der Waals surface area contributed by atoms with Crippen LogP contribution in [-0.2, 0) is 10.8 Å². The van der Waals surface area contributed by atoms with Gasteiger partial charge in [-0.3, -0.25) is 0 Å². The molecule has 0 saturated carbocycles. The standard InChI is InChI=1S/C14H20F2O.C10H14.3C2H6.CH4/c1-9-10(2)12(17-14(6,15)16)8-7-11(9)13(3,4)5;1-10(2,3)9-7-5-4-6-8-9;3*1-2;/h7-8H,1-6H3;4-8H,1-3H3;3*1-2H3;1H4. The van der Waals surface area contributed by atoms with E-state index in [2.05, 4.69) is 76.6 Å². The van der Waals surface area contributed by atoms with Gasteiger partial charge in [0.05, 0.1) is 0 Å². The molecule has 0 heterocycles. The first-order valence-electron chi connectivity index (χ1n) is 12.4. The van der Waals surface area contributed by atoms with Crippen LogP contribution >= 0.6 is 0 Å². The molecule has 0 aliphatic rings. The lowest BCUT2D eigenvalue weighted by Gasteiger charge is -2.25. The first-order chi connectivity index (χ1) is 15.1. The van der Waals surface area contributed by atoms with Crippen molar-refractivity contribution in [3.8, 4) is 5.75 Å². The lowest BCUT2D eigenvalue weighted by Crippen LogP contribution is -2.21. The Morgan fingerprint density at radius 1 is 0.588 bits per heavy atom. The molecule has 2 rings (SSSR count). The van der Waals surface area contributed by atoms with Crippen LogP contribution in [0, 0.1) is 13.8 Å². The molecule has 0 amide bonds. The fourth-order valence-electron chi connectivity index (χ4n) is 2.85. The molecule has 0 spiro atoms. The third-order valence-electron chi connectivity index (χ3n) is 4.47. The van der Waals surface area contributed by atoms with Crippen LogP contribution in [0.5, 0.6) is 5.75 Å². The largest absolute Gasteiger partial charge is 0.432 e. The van der Waals surface area contributed by atoms with E-state index in [-0.39, 0.29) is 18.6 Å². The van der Waals surface area contributed by atoms with Crippen LogP contribution in [0.15, 0.2) is 42.5 Å². The third kappa shape index (κ3) is 15.9. The first kappa shape index (κ1) is 39.3. The summed E-state index contributed by atoms with van der Waals surface area (Å²) in [5, 5.41) is 0. The summed E-state index contributed by atoms with van der Waals surface area (Å²) in [6, 6.07) is 14.0. The average molecular weight is 483 g/mol. The van der Waals surface area contributed by atoms with Gasteiger partial charge in [-0.2, -0.15) is 8.78 Å². The van der Waals surface area contributed by atoms with Crippen molar-refractivity contribution in [2.45, 2.75) is 128 Å². The fourth-order valence-corrected chi connectivity index (χ4v) is 2.85. The molecular weight excluding hydrogens is 426 g/mol. The molecule has 0 saturated heterocycles. The summed E-state index contributed by atoms with van der Waals surface area (Å²) in [5.74, 6) is 0.253.